The second kappa shape index (κ2) is 9.17. The maximum absolute atomic E-state index is 13.5. The van der Waals surface area contributed by atoms with Crippen LogP contribution in [0.25, 0.3) is 5.82 Å². The minimum atomic E-state index is -0.715. The fourth-order valence-electron chi connectivity index (χ4n) is 3.84. The molecule has 1 aromatic carbocycles. The number of amides is 2. The summed E-state index contributed by atoms with van der Waals surface area (Å²) in [5.74, 6) is 0.337. The van der Waals surface area contributed by atoms with Gasteiger partial charge in [-0.1, -0.05) is 23.2 Å². The highest BCUT2D eigenvalue weighted by Gasteiger charge is 2.34. The van der Waals surface area contributed by atoms with Crippen LogP contribution in [0.15, 0.2) is 41.6 Å². The number of hydrazone groups is 1. The quantitative estimate of drug-likeness (QED) is 0.380. The highest BCUT2D eigenvalue weighted by molar-refractivity contribution is 6.32. The van der Waals surface area contributed by atoms with Crippen LogP contribution in [0.3, 0.4) is 0 Å². The molecular formula is C22H21Cl2N9O2. The number of carbonyl (C=O) groups excluding carboxylic acids is 2. The van der Waals surface area contributed by atoms with Crippen LogP contribution in [0.2, 0.25) is 10.0 Å². The maximum atomic E-state index is 13.5. The summed E-state index contributed by atoms with van der Waals surface area (Å²) in [6.45, 7) is 2.06. The summed E-state index contributed by atoms with van der Waals surface area (Å²) >= 11 is 12.5. The van der Waals surface area contributed by atoms with Gasteiger partial charge >= 0.3 is 0 Å². The predicted molar refractivity (Wildman–Crippen MR) is 131 cm³/mol. The fraction of sp³-hybridized carbons (Fsp3) is 0.227. The molecule has 35 heavy (non-hydrogen) atoms. The Hall–Kier alpha value is -3.67. The molecule has 1 fully saturated rings. The minimum absolute atomic E-state index is 0.100. The Morgan fingerprint density at radius 2 is 2.06 bits per heavy atom. The summed E-state index contributed by atoms with van der Waals surface area (Å²) in [6.07, 6.45) is 3.71. The number of carbonyl (C=O) groups is 2. The number of nitrogens with zero attached hydrogens (tertiary/aromatic N) is 5. The van der Waals surface area contributed by atoms with E-state index in [0.717, 1.165) is 18.7 Å². The molecule has 2 amide bonds. The van der Waals surface area contributed by atoms with E-state index in [2.05, 4.69) is 31.6 Å². The van der Waals surface area contributed by atoms with Crippen molar-refractivity contribution in [2.24, 2.45) is 16.8 Å². The number of aromatic nitrogens is 3. The number of primary amides is 1. The molecule has 3 aromatic rings. The molecule has 11 nitrogen and oxygen atoms in total. The number of benzene rings is 1. The van der Waals surface area contributed by atoms with E-state index in [1.165, 1.54) is 10.7 Å². The highest BCUT2D eigenvalue weighted by Crippen LogP contribution is 2.33. The van der Waals surface area contributed by atoms with E-state index in [4.69, 9.17) is 28.9 Å². The fourth-order valence-corrected chi connectivity index (χ4v) is 4.32. The molecule has 0 bridgehead atoms. The van der Waals surface area contributed by atoms with E-state index in [1.54, 1.807) is 37.4 Å². The third kappa shape index (κ3) is 4.65. The number of rotatable bonds is 7. The van der Waals surface area contributed by atoms with E-state index in [-0.39, 0.29) is 22.8 Å². The van der Waals surface area contributed by atoms with Crippen molar-refractivity contribution in [1.29, 1.82) is 0 Å². The van der Waals surface area contributed by atoms with Gasteiger partial charge in [-0.25, -0.2) is 15.2 Å². The molecule has 0 unspecified atom stereocenters. The van der Waals surface area contributed by atoms with Crippen molar-refractivity contribution in [3.63, 3.8) is 0 Å². The lowest BCUT2D eigenvalue weighted by molar-refractivity contribution is 0.100. The summed E-state index contributed by atoms with van der Waals surface area (Å²) in [6, 6.07) is 8.03. The molecule has 1 aliphatic carbocycles. The SMILES string of the molecule is Cc1cc(Cl)cc(C(N)=O)c1NC(=O)c1cc(CN2NNN=C2C2CC2)nn1-c1ncccc1Cl. The van der Waals surface area contributed by atoms with Gasteiger partial charge < -0.3 is 11.1 Å². The van der Waals surface area contributed by atoms with Gasteiger partial charge in [0.05, 0.1) is 28.5 Å². The van der Waals surface area contributed by atoms with Crippen LogP contribution in [-0.4, -0.2) is 37.4 Å². The van der Waals surface area contributed by atoms with Gasteiger partial charge in [0.1, 0.15) is 11.5 Å². The molecule has 0 radical (unpaired) electrons. The second-order valence-electron chi connectivity index (χ2n) is 8.26. The van der Waals surface area contributed by atoms with Crippen molar-refractivity contribution >= 4 is 46.5 Å². The normalized spacial score (nSPS) is 15.1. The summed E-state index contributed by atoms with van der Waals surface area (Å²) in [7, 11) is 0. The molecule has 0 atom stereocenters. The standard InChI is InChI=1S/C22H21Cl2N9O2/c1-11-7-13(23)8-15(19(25)34)18(11)27-22(35)17-9-14(10-32-20(12-4-5-12)28-30-31-32)29-33(17)21-16(24)3-2-6-26-21/h2-3,6-9,12,30-31H,4-5,10H2,1H3,(H2,25,34)(H,27,35). The van der Waals surface area contributed by atoms with Crippen LogP contribution < -0.4 is 22.1 Å². The molecule has 0 spiro atoms. The Balaban J connectivity index is 1.51. The lowest BCUT2D eigenvalue weighted by atomic mass is 10.1. The third-order valence-corrected chi connectivity index (χ3v) is 6.14. The van der Waals surface area contributed by atoms with Gasteiger partial charge in [-0.2, -0.15) is 5.10 Å². The molecule has 5 N–H and O–H groups in total. The van der Waals surface area contributed by atoms with Gasteiger partial charge in [-0.05, 0) is 55.7 Å². The van der Waals surface area contributed by atoms with Crippen molar-refractivity contribution in [3.05, 3.63) is 69.1 Å². The largest absolute Gasteiger partial charge is 0.366 e. The predicted octanol–water partition coefficient (Wildman–Crippen LogP) is 2.78. The van der Waals surface area contributed by atoms with Gasteiger partial charge in [0.25, 0.3) is 11.8 Å². The van der Waals surface area contributed by atoms with Crippen molar-refractivity contribution < 1.29 is 9.59 Å². The number of amidine groups is 1. The molecule has 1 saturated carbocycles. The molecular weight excluding hydrogens is 493 g/mol. The highest BCUT2D eigenvalue weighted by atomic mass is 35.5. The number of aryl methyl sites for hydroxylation is 1. The number of hydrazine groups is 2. The number of nitrogens with two attached hydrogens (primary N) is 1. The topological polar surface area (TPSA) is 143 Å². The zero-order chi connectivity index (χ0) is 24.7. The maximum Gasteiger partial charge on any atom is 0.274 e. The monoisotopic (exact) mass is 513 g/mol. The molecule has 5 rings (SSSR count). The lowest BCUT2D eigenvalue weighted by Crippen LogP contribution is -2.41. The van der Waals surface area contributed by atoms with Gasteiger partial charge in [0.15, 0.2) is 5.82 Å². The van der Waals surface area contributed by atoms with E-state index in [0.29, 0.717) is 33.8 Å². The summed E-state index contributed by atoms with van der Waals surface area (Å²) in [5, 5.41) is 14.2. The van der Waals surface area contributed by atoms with Crippen molar-refractivity contribution in [1.82, 2.24) is 30.8 Å². The smallest absolute Gasteiger partial charge is 0.274 e. The molecule has 2 aromatic heterocycles. The van der Waals surface area contributed by atoms with Crippen LogP contribution in [0.4, 0.5) is 5.69 Å². The first-order valence-electron chi connectivity index (χ1n) is 10.8. The van der Waals surface area contributed by atoms with Crippen molar-refractivity contribution in [2.45, 2.75) is 26.3 Å². The van der Waals surface area contributed by atoms with Crippen LogP contribution in [-0.2, 0) is 6.54 Å². The zero-order valence-corrected chi connectivity index (χ0v) is 20.1. The number of halogens is 2. The van der Waals surface area contributed by atoms with Crippen LogP contribution in [0.5, 0.6) is 0 Å². The Morgan fingerprint density at radius 3 is 2.77 bits per heavy atom. The number of hydrogen-bond donors (Lipinski definition) is 4. The average molecular weight is 514 g/mol. The number of nitrogens with one attached hydrogen (secondary N) is 3. The Labute approximate surface area is 210 Å². The summed E-state index contributed by atoms with van der Waals surface area (Å²) < 4.78 is 1.37. The van der Waals surface area contributed by atoms with Gasteiger partial charge in [0, 0.05) is 17.1 Å². The second-order valence-corrected chi connectivity index (χ2v) is 9.10. The summed E-state index contributed by atoms with van der Waals surface area (Å²) in [4.78, 5) is 29.8. The zero-order valence-electron chi connectivity index (χ0n) is 18.5. The van der Waals surface area contributed by atoms with Crippen LogP contribution in [0, 0.1) is 12.8 Å². The number of anilines is 1. The Bertz CT molecular complexity index is 1370. The van der Waals surface area contributed by atoms with Crippen molar-refractivity contribution in [3.8, 4) is 5.82 Å². The molecule has 3 heterocycles. The molecule has 180 valence electrons. The van der Waals surface area contributed by atoms with E-state index < -0.39 is 11.8 Å². The molecule has 1 aliphatic heterocycles. The molecule has 2 aliphatic rings. The van der Waals surface area contributed by atoms with Crippen molar-refractivity contribution in [2.75, 3.05) is 5.32 Å². The van der Waals surface area contributed by atoms with E-state index in [9.17, 15) is 9.59 Å². The first-order valence-corrected chi connectivity index (χ1v) is 11.5. The Morgan fingerprint density at radius 1 is 1.26 bits per heavy atom. The van der Waals surface area contributed by atoms with Gasteiger partial charge in [0.2, 0.25) is 0 Å². The first kappa shape index (κ1) is 23.1. The van der Waals surface area contributed by atoms with Crippen LogP contribution in [0.1, 0.15) is 44.9 Å². The number of hydrogen-bond acceptors (Lipinski definition) is 8. The van der Waals surface area contributed by atoms with E-state index in [1.807, 2.05) is 5.01 Å². The number of pyridine rings is 1. The average Bonchev–Trinajstić information content (AvgIpc) is 3.41. The van der Waals surface area contributed by atoms with Crippen LogP contribution >= 0.6 is 23.2 Å². The minimum Gasteiger partial charge on any atom is -0.366 e. The lowest BCUT2D eigenvalue weighted by Gasteiger charge is -2.17. The third-order valence-electron chi connectivity index (χ3n) is 5.63. The molecule has 0 saturated heterocycles. The summed E-state index contributed by atoms with van der Waals surface area (Å²) in [5.41, 5.74) is 13.0. The Kier molecular flexibility index (Phi) is 6.05. The van der Waals surface area contributed by atoms with Gasteiger partial charge in [-0.3, -0.25) is 14.6 Å². The van der Waals surface area contributed by atoms with Gasteiger partial charge in [-0.15, -0.1) is 10.6 Å². The first-order chi connectivity index (χ1) is 16.8. The van der Waals surface area contributed by atoms with E-state index >= 15 is 0 Å². The molecule has 13 heteroatoms.